The van der Waals surface area contributed by atoms with E-state index in [1.54, 1.807) is 0 Å². The number of ether oxygens (including phenoxy) is 3. The maximum absolute atomic E-state index is 12.7. The first-order valence-electron chi connectivity index (χ1n) is 23.4. The van der Waals surface area contributed by atoms with Gasteiger partial charge in [-0.05, 0) is 25.2 Å². The summed E-state index contributed by atoms with van der Waals surface area (Å²) >= 11 is 0. The van der Waals surface area contributed by atoms with Crippen molar-refractivity contribution in [1.29, 1.82) is 0 Å². The molecule has 0 fully saturated rings. The summed E-state index contributed by atoms with van der Waals surface area (Å²) in [6, 6.07) is 0. The van der Waals surface area contributed by atoms with Gasteiger partial charge in [-0.1, -0.05) is 220 Å². The Hall–Kier alpha value is -1.59. The molecule has 0 spiro atoms. The maximum atomic E-state index is 12.7. The molecule has 0 aromatic carbocycles. The highest BCUT2D eigenvalue weighted by atomic mass is 16.6. The molecule has 0 bridgehead atoms. The molecule has 0 aliphatic rings. The molecule has 6 nitrogen and oxygen atoms in total. The summed E-state index contributed by atoms with van der Waals surface area (Å²) in [5.41, 5.74) is 0. The lowest BCUT2D eigenvalue weighted by Gasteiger charge is -2.18. The van der Waals surface area contributed by atoms with Gasteiger partial charge < -0.3 is 14.2 Å². The van der Waals surface area contributed by atoms with Crippen molar-refractivity contribution in [2.24, 2.45) is 5.92 Å². The molecule has 0 amide bonds. The molecule has 0 rings (SSSR count). The topological polar surface area (TPSA) is 78.9 Å². The van der Waals surface area contributed by atoms with E-state index in [1.165, 1.54) is 154 Å². The molecule has 53 heavy (non-hydrogen) atoms. The van der Waals surface area contributed by atoms with Crippen molar-refractivity contribution in [1.82, 2.24) is 0 Å². The largest absolute Gasteiger partial charge is 0.462 e. The molecular weight excluding hydrogens is 661 g/mol. The quantitative estimate of drug-likeness (QED) is 0.0351. The van der Waals surface area contributed by atoms with Gasteiger partial charge in [-0.2, -0.15) is 0 Å². The first-order chi connectivity index (χ1) is 25.9. The summed E-state index contributed by atoms with van der Waals surface area (Å²) in [4.78, 5) is 37.7. The van der Waals surface area contributed by atoms with Crippen molar-refractivity contribution in [3.05, 3.63) is 0 Å². The zero-order valence-electron chi connectivity index (χ0n) is 36.0. The molecule has 1 atom stereocenters. The van der Waals surface area contributed by atoms with Gasteiger partial charge in [0.05, 0.1) is 0 Å². The summed E-state index contributed by atoms with van der Waals surface area (Å²) in [7, 11) is 0. The SMILES string of the molecule is CCCCCCCCCCCCCCCC(=O)O[C@H](COC(=O)CCCCCCCCCCCCCC)COC(=O)CCCCCCCCCC(C)C. The van der Waals surface area contributed by atoms with Crippen molar-refractivity contribution >= 4 is 17.9 Å². The maximum Gasteiger partial charge on any atom is 0.306 e. The molecule has 0 saturated carbocycles. The highest BCUT2D eigenvalue weighted by Gasteiger charge is 2.19. The summed E-state index contributed by atoms with van der Waals surface area (Å²) in [6.45, 7) is 8.95. The Kier molecular flexibility index (Phi) is 40.3. The van der Waals surface area contributed by atoms with Gasteiger partial charge in [0.25, 0.3) is 0 Å². The lowest BCUT2D eigenvalue weighted by atomic mass is 10.0. The van der Waals surface area contributed by atoms with Crippen LogP contribution in [0.3, 0.4) is 0 Å². The molecule has 314 valence electrons. The molecule has 0 aromatic rings. The second kappa shape index (κ2) is 41.6. The Bertz CT molecular complexity index is 796. The van der Waals surface area contributed by atoms with Crippen molar-refractivity contribution in [2.75, 3.05) is 13.2 Å². The molecule has 0 saturated heterocycles. The molecule has 6 heteroatoms. The van der Waals surface area contributed by atoms with Crippen LogP contribution in [0, 0.1) is 5.92 Å². The number of hydrogen-bond donors (Lipinski definition) is 0. The molecular formula is C47H90O6. The fraction of sp³-hybridized carbons (Fsp3) is 0.936. The van der Waals surface area contributed by atoms with E-state index in [0.29, 0.717) is 19.3 Å². The third-order valence-corrected chi connectivity index (χ3v) is 10.5. The Labute approximate surface area is 329 Å². The first-order valence-corrected chi connectivity index (χ1v) is 23.4. The Morgan fingerprint density at radius 2 is 0.623 bits per heavy atom. The minimum Gasteiger partial charge on any atom is -0.462 e. The van der Waals surface area contributed by atoms with E-state index in [4.69, 9.17) is 14.2 Å². The summed E-state index contributed by atoms with van der Waals surface area (Å²) < 4.78 is 16.7. The minimum absolute atomic E-state index is 0.0640. The molecule has 0 N–H and O–H groups in total. The lowest BCUT2D eigenvalue weighted by molar-refractivity contribution is -0.167. The molecule has 0 aromatic heterocycles. The number of carbonyl (C=O) groups is 3. The number of rotatable bonds is 42. The standard InChI is InChI=1S/C47H90O6/c1-5-7-9-11-13-15-17-19-21-23-27-32-36-40-47(50)53-44(42-52-46(49)39-35-31-28-24-25-29-33-37-43(3)4)41-51-45(48)38-34-30-26-22-20-18-16-14-12-10-8-6-2/h43-44H,5-42H2,1-4H3/t44-/m1/s1. The number of carbonyl (C=O) groups excluding carboxylic acids is 3. The monoisotopic (exact) mass is 751 g/mol. The van der Waals surface area contributed by atoms with Gasteiger partial charge in [0.1, 0.15) is 13.2 Å². The predicted octanol–water partition coefficient (Wildman–Crippen LogP) is 14.7. The normalized spacial score (nSPS) is 11.9. The van der Waals surface area contributed by atoms with Crippen LogP contribution in [0.25, 0.3) is 0 Å². The van der Waals surface area contributed by atoms with E-state index in [1.807, 2.05) is 0 Å². The van der Waals surface area contributed by atoms with Crippen LogP contribution >= 0.6 is 0 Å². The number of unbranched alkanes of at least 4 members (excludes halogenated alkanes) is 29. The lowest BCUT2D eigenvalue weighted by Crippen LogP contribution is -2.30. The van der Waals surface area contributed by atoms with Crippen molar-refractivity contribution < 1.29 is 28.6 Å². The van der Waals surface area contributed by atoms with Gasteiger partial charge in [0, 0.05) is 19.3 Å². The summed E-state index contributed by atoms with van der Waals surface area (Å²) in [5.74, 6) is -0.0729. The Morgan fingerprint density at radius 3 is 0.925 bits per heavy atom. The Morgan fingerprint density at radius 1 is 0.358 bits per heavy atom. The van der Waals surface area contributed by atoms with Gasteiger partial charge in [-0.15, -0.1) is 0 Å². The van der Waals surface area contributed by atoms with Crippen LogP contribution in [0.15, 0.2) is 0 Å². The Balaban J connectivity index is 4.32. The highest BCUT2D eigenvalue weighted by molar-refractivity contribution is 5.71. The third-order valence-electron chi connectivity index (χ3n) is 10.5. The molecule has 0 aliphatic carbocycles. The van der Waals surface area contributed by atoms with Gasteiger partial charge >= 0.3 is 17.9 Å². The number of esters is 3. The fourth-order valence-electron chi connectivity index (χ4n) is 6.98. The van der Waals surface area contributed by atoms with Crippen LogP contribution in [0.4, 0.5) is 0 Å². The minimum atomic E-state index is -0.759. The molecule has 0 unspecified atom stereocenters. The predicted molar refractivity (Wildman–Crippen MR) is 224 cm³/mol. The van der Waals surface area contributed by atoms with Crippen LogP contribution < -0.4 is 0 Å². The highest BCUT2D eigenvalue weighted by Crippen LogP contribution is 2.16. The molecule has 0 aliphatic heterocycles. The van der Waals surface area contributed by atoms with Crippen LogP contribution in [-0.4, -0.2) is 37.2 Å². The second-order valence-electron chi connectivity index (χ2n) is 16.5. The zero-order chi connectivity index (χ0) is 38.9. The van der Waals surface area contributed by atoms with Crippen molar-refractivity contribution in [3.8, 4) is 0 Å². The van der Waals surface area contributed by atoms with Crippen LogP contribution in [-0.2, 0) is 28.6 Å². The van der Waals surface area contributed by atoms with Gasteiger partial charge in [-0.25, -0.2) is 0 Å². The zero-order valence-corrected chi connectivity index (χ0v) is 36.0. The molecule has 0 radical (unpaired) electrons. The fourth-order valence-corrected chi connectivity index (χ4v) is 6.98. The molecule has 0 heterocycles. The first kappa shape index (κ1) is 51.4. The average molecular weight is 751 g/mol. The van der Waals surface area contributed by atoms with E-state index in [0.717, 1.165) is 63.7 Å². The third kappa shape index (κ3) is 41.4. The van der Waals surface area contributed by atoms with Gasteiger partial charge in [0.15, 0.2) is 6.10 Å². The van der Waals surface area contributed by atoms with Crippen molar-refractivity contribution in [3.63, 3.8) is 0 Å². The van der Waals surface area contributed by atoms with Gasteiger partial charge in [0.2, 0.25) is 0 Å². The van der Waals surface area contributed by atoms with Crippen LogP contribution in [0.5, 0.6) is 0 Å². The van der Waals surface area contributed by atoms with E-state index in [2.05, 4.69) is 27.7 Å². The summed E-state index contributed by atoms with van der Waals surface area (Å²) in [5, 5.41) is 0. The average Bonchev–Trinajstić information content (AvgIpc) is 3.14. The van der Waals surface area contributed by atoms with E-state index >= 15 is 0 Å². The van der Waals surface area contributed by atoms with Crippen molar-refractivity contribution in [2.45, 2.75) is 265 Å². The van der Waals surface area contributed by atoms with Crippen LogP contribution in [0.1, 0.15) is 259 Å². The number of hydrogen-bond acceptors (Lipinski definition) is 6. The van der Waals surface area contributed by atoms with Crippen LogP contribution in [0.2, 0.25) is 0 Å². The van der Waals surface area contributed by atoms with E-state index < -0.39 is 6.10 Å². The second-order valence-corrected chi connectivity index (χ2v) is 16.5. The van der Waals surface area contributed by atoms with E-state index in [-0.39, 0.29) is 31.1 Å². The van der Waals surface area contributed by atoms with Gasteiger partial charge in [-0.3, -0.25) is 14.4 Å². The van der Waals surface area contributed by atoms with E-state index in [9.17, 15) is 14.4 Å². The smallest absolute Gasteiger partial charge is 0.306 e. The summed E-state index contributed by atoms with van der Waals surface area (Å²) in [6.07, 6.45) is 40.9.